The molecule has 1 atom stereocenters. The van der Waals surface area contributed by atoms with Crippen molar-refractivity contribution in [1.29, 1.82) is 0 Å². The predicted octanol–water partition coefficient (Wildman–Crippen LogP) is 2.91. The average molecular weight is 269 g/mol. The Balaban J connectivity index is 2.26. The van der Waals surface area contributed by atoms with Gasteiger partial charge in [-0.2, -0.15) is 0 Å². The molecule has 15 heavy (non-hydrogen) atoms. The van der Waals surface area contributed by atoms with Gasteiger partial charge in [-0.1, -0.05) is 22.0 Å². The topological polar surface area (TPSA) is 15.3 Å². The number of likely N-dealkylation sites (N-methyl/N-ethyl adjacent to an activating group) is 1. The van der Waals surface area contributed by atoms with E-state index in [9.17, 15) is 0 Å². The van der Waals surface area contributed by atoms with Gasteiger partial charge in [0, 0.05) is 29.2 Å². The first-order chi connectivity index (χ1) is 7.16. The molecular formula is C12H17BrN2. The van der Waals surface area contributed by atoms with Crippen molar-refractivity contribution in [1.82, 2.24) is 4.90 Å². The minimum Gasteiger partial charge on any atom is -0.385 e. The molecule has 1 unspecified atom stereocenters. The zero-order valence-electron chi connectivity index (χ0n) is 9.26. The Morgan fingerprint density at radius 3 is 3.00 bits per heavy atom. The lowest BCUT2D eigenvalue weighted by molar-refractivity contribution is 0.364. The zero-order valence-corrected chi connectivity index (χ0v) is 10.8. The molecule has 1 N–H and O–H groups in total. The predicted molar refractivity (Wildman–Crippen MR) is 68.5 cm³/mol. The molecule has 1 aromatic carbocycles. The third kappa shape index (κ3) is 2.52. The summed E-state index contributed by atoms with van der Waals surface area (Å²) in [5.41, 5.74) is 2.75. The van der Waals surface area contributed by atoms with Crippen LogP contribution >= 0.6 is 15.9 Å². The monoisotopic (exact) mass is 268 g/mol. The molecular weight excluding hydrogens is 252 g/mol. The minimum atomic E-state index is 0.671. The van der Waals surface area contributed by atoms with Crippen molar-refractivity contribution in [2.75, 3.05) is 32.5 Å². The van der Waals surface area contributed by atoms with Gasteiger partial charge in [0.25, 0.3) is 0 Å². The van der Waals surface area contributed by atoms with E-state index in [-0.39, 0.29) is 0 Å². The molecule has 0 amide bonds. The van der Waals surface area contributed by atoms with Crippen LogP contribution in [0.3, 0.4) is 0 Å². The summed E-state index contributed by atoms with van der Waals surface area (Å²) in [6.07, 6.45) is 1.23. The lowest BCUT2D eigenvalue weighted by Gasteiger charge is -2.29. The molecule has 1 heterocycles. The summed E-state index contributed by atoms with van der Waals surface area (Å²) in [4.78, 5) is 2.27. The highest BCUT2D eigenvalue weighted by Gasteiger charge is 2.20. The fourth-order valence-electron chi connectivity index (χ4n) is 2.20. The lowest BCUT2D eigenvalue weighted by atomic mass is 9.91. The molecule has 1 aliphatic heterocycles. The third-order valence-corrected chi connectivity index (χ3v) is 3.34. The number of fused-ring (bicyclic) bond motifs is 1. The SMILES string of the molecule is CN(C)CC1CCNc2cc(Br)ccc21. The molecule has 0 aliphatic carbocycles. The second kappa shape index (κ2) is 4.54. The van der Waals surface area contributed by atoms with Gasteiger partial charge in [-0.15, -0.1) is 0 Å². The third-order valence-electron chi connectivity index (χ3n) is 2.85. The van der Waals surface area contributed by atoms with Crippen LogP contribution in [0.1, 0.15) is 17.9 Å². The zero-order chi connectivity index (χ0) is 10.8. The maximum Gasteiger partial charge on any atom is 0.0387 e. The van der Waals surface area contributed by atoms with Crippen LogP contribution in [-0.2, 0) is 0 Å². The van der Waals surface area contributed by atoms with Crippen LogP contribution in [0.25, 0.3) is 0 Å². The maximum atomic E-state index is 3.51. The second-order valence-electron chi connectivity index (χ2n) is 4.41. The van der Waals surface area contributed by atoms with E-state index in [4.69, 9.17) is 0 Å². The van der Waals surface area contributed by atoms with Crippen molar-refractivity contribution < 1.29 is 0 Å². The van der Waals surface area contributed by atoms with Crippen LogP contribution in [0.2, 0.25) is 0 Å². The van der Waals surface area contributed by atoms with Gasteiger partial charge in [0.1, 0.15) is 0 Å². The van der Waals surface area contributed by atoms with E-state index in [1.54, 1.807) is 0 Å². The Morgan fingerprint density at radius 1 is 1.47 bits per heavy atom. The quantitative estimate of drug-likeness (QED) is 0.888. The Labute approximate surface area is 99.8 Å². The van der Waals surface area contributed by atoms with Crippen molar-refractivity contribution in [3.63, 3.8) is 0 Å². The Morgan fingerprint density at radius 2 is 2.27 bits per heavy atom. The van der Waals surface area contributed by atoms with Crippen LogP contribution in [0.4, 0.5) is 5.69 Å². The molecule has 2 nitrogen and oxygen atoms in total. The van der Waals surface area contributed by atoms with E-state index >= 15 is 0 Å². The normalized spacial score (nSPS) is 19.9. The number of hydrogen-bond acceptors (Lipinski definition) is 2. The standard InChI is InChI=1S/C12H17BrN2/c1-15(2)8-9-5-6-14-12-7-10(13)3-4-11(9)12/h3-4,7,9,14H,5-6,8H2,1-2H3. The van der Waals surface area contributed by atoms with E-state index in [1.165, 1.54) is 17.7 Å². The Bertz CT molecular complexity index is 349. The first kappa shape index (κ1) is 11.0. The van der Waals surface area contributed by atoms with Crippen molar-refractivity contribution in [3.05, 3.63) is 28.2 Å². The van der Waals surface area contributed by atoms with Crippen molar-refractivity contribution in [2.24, 2.45) is 0 Å². The van der Waals surface area contributed by atoms with E-state index < -0.39 is 0 Å². The highest BCUT2D eigenvalue weighted by atomic mass is 79.9. The minimum absolute atomic E-state index is 0.671. The number of nitrogens with zero attached hydrogens (tertiary/aromatic N) is 1. The molecule has 0 saturated heterocycles. The smallest absolute Gasteiger partial charge is 0.0387 e. The molecule has 0 radical (unpaired) electrons. The summed E-state index contributed by atoms with van der Waals surface area (Å²) in [5, 5.41) is 3.46. The summed E-state index contributed by atoms with van der Waals surface area (Å²) in [6, 6.07) is 6.55. The van der Waals surface area contributed by atoms with Gasteiger partial charge >= 0.3 is 0 Å². The van der Waals surface area contributed by atoms with Crippen LogP contribution < -0.4 is 5.32 Å². The Hall–Kier alpha value is -0.540. The summed E-state index contributed by atoms with van der Waals surface area (Å²) >= 11 is 3.51. The number of anilines is 1. The van der Waals surface area contributed by atoms with E-state index in [0.717, 1.165) is 17.6 Å². The fourth-order valence-corrected chi connectivity index (χ4v) is 2.57. The molecule has 0 aromatic heterocycles. The second-order valence-corrected chi connectivity index (χ2v) is 5.32. The number of hydrogen-bond donors (Lipinski definition) is 1. The van der Waals surface area contributed by atoms with Crippen LogP contribution in [0.5, 0.6) is 0 Å². The van der Waals surface area contributed by atoms with Gasteiger partial charge < -0.3 is 10.2 Å². The molecule has 0 saturated carbocycles. The van der Waals surface area contributed by atoms with Gasteiger partial charge in [-0.3, -0.25) is 0 Å². The summed E-state index contributed by atoms with van der Waals surface area (Å²) < 4.78 is 1.15. The highest BCUT2D eigenvalue weighted by molar-refractivity contribution is 9.10. The van der Waals surface area contributed by atoms with Gasteiger partial charge in [-0.25, -0.2) is 0 Å². The van der Waals surface area contributed by atoms with Crippen molar-refractivity contribution in [3.8, 4) is 0 Å². The molecule has 1 aliphatic rings. The van der Waals surface area contributed by atoms with Gasteiger partial charge in [0.15, 0.2) is 0 Å². The maximum absolute atomic E-state index is 3.51. The molecule has 0 spiro atoms. The first-order valence-electron chi connectivity index (χ1n) is 5.35. The van der Waals surface area contributed by atoms with E-state index in [2.05, 4.69) is 58.4 Å². The summed E-state index contributed by atoms with van der Waals surface area (Å²) in [7, 11) is 4.28. The number of halogens is 1. The summed E-state index contributed by atoms with van der Waals surface area (Å²) in [5.74, 6) is 0.671. The number of nitrogens with one attached hydrogen (secondary N) is 1. The summed E-state index contributed by atoms with van der Waals surface area (Å²) in [6.45, 7) is 2.22. The van der Waals surface area contributed by atoms with Crippen LogP contribution in [-0.4, -0.2) is 32.1 Å². The molecule has 1 aromatic rings. The molecule has 0 bridgehead atoms. The van der Waals surface area contributed by atoms with E-state index in [1.807, 2.05) is 0 Å². The van der Waals surface area contributed by atoms with E-state index in [0.29, 0.717) is 5.92 Å². The number of rotatable bonds is 2. The molecule has 0 fully saturated rings. The van der Waals surface area contributed by atoms with Crippen LogP contribution in [0.15, 0.2) is 22.7 Å². The van der Waals surface area contributed by atoms with Crippen molar-refractivity contribution >= 4 is 21.6 Å². The fraction of sp³-hybridized carbons (Fsp3) is 0.500. The highest BCUT2D eigenvalue weighted by Crippen LogP contribution is 2.33. The van der Waals surface area contributed by atoms with Crippen LogP contribution in [0, 0.1) is 0 Å². The number of benzene rings is 1. The average Bonchev–Trinajstić information content (AvgIpc) is 2.16. The van der Waals surface area contributed by atoms with Gasteiger partial charge in [0.2, 0.25) is 0 Å². The molecule has 3 heteroatoms. The Kier molecular flexibility index (Phi) is 3.32. The van der Waals surface area contributed by atoms with Crippen molar-refractivity contribution in [2.45, 2.75) is 12.3 Å². The van der Waals surface area contributed by atoms with Gasteiger partial charge in [0.05, 0.1) is 0 Å². The van der Waals surface area contributed by atoms with Gasteiger partial charge in [-0.05, 0) is 38.2 Å². The first-order valence-corrected chi connectivity index (χ1v) is 6.14. The largest absolute Gasteiger partial charge is 0.385 e. The lowest BCUT2D eigenvalue weighted by Crippen LogP contribution is -2.26. The molecule has 82 valence electrons. The molecule has 2 rings (SSSR count).